The quantitative estimate of drug-likeness (QED) is 0.692. The van der Waals surface area contributed by atoms with Gasteiger partial charge in [0.05, 0.1) is 28.6 Å². The van der Waals surface area contributed by atoms with Crippen molar-refractivity contribution in [1.29, 1.82) is 0 Å². The van der Waals surface area contributed by atoms with E-state index in [0.29, 0.717) is 6.54 Å². The zero-order chi connectivity index (χ0) is 14.3. The van der Waals surface area contributed by atoms with Crippen molar-refractivity contribution in [3.63, 3.8) is 0 Å². The standard InChI is InChI=1S/C15H17ClN4/c1-10-4-5-14-13(8-10)17-15(11(2)16)20(14)9-12-6-7-19(3)18-12/h4-8,11H,9H2,1-3H3. The highest BCUT2D eigenvalue weighted by atomic mass is 35.5. The number of imidazole rings is 1. The zero-order valence-electron chi connectivity index (χ0n) is 11.8. The van der Waals surface area contributed by atoms with E-state index in [1.165, 1.54) is 5.56 Å². The molecule has 2 aromatic heterocycles. The number of benzene rings is 1. The van der Waals surface area contributed by atoms with Gasteiger partial charge in [0.2, 0.25) is 0 Å². The fourth-order valence-corrected chi connectivity index (χ4v) is 2.60. The van der Waals surface area contributed by atoms with Gasteiger partial charge in [-0.2, -0.15) is 5.10 Å². The third kappa shape index (κ3) is 2.31. The number of aromatic nitrogens is 4. The number of hydrogen-bond acceptors (Lipinski definition) is 2. The van der Waals surface area contributed by atoms with Crippen LogP contribution in [0, 0.1) is 6.92 Å². The molecule has 5 heteroatoms. The first-order chi connectivity index (χ1) is 9.54. The fraction of sp³-hybridized carbons (Fsp3) is 0.333. The fourth-order valence-electron chi connectivity index (χ4n) is 2.44. The Morgan fingerprint density at radius 2 is 2.10 bits per heavy atom. The Labute approximate surface area is 123 Å². The number of nitrogens with zero attached hydrogens (tertiary/aromatic N) is 4. The van der Waals surface area contributed by atoms with Gasteiger partial charge in [0.1, 0.15) is 5.82 Å². The highest BCUT2D eigenvalue weighted by Crippen LogP contribution is 2.26. The van der Waals surface area contributed by atoms with Gasteiger partial charge in [-0.15, -0.1) is 11.6 Å². The number of hydrogen-bond donors (Lipinski definition) is 0. The first-order valence-electron chi connectivity index (χ1n) is 6.64. The molecule has 0 amide bonds. The van der Waals surface area contributed by atoms with Crippen LogP contribution in [0.1, 0.15) is 29.4 Å². The molecule has 20 heavy (non-hydrogen) atoms. The van der Waals surface area contributed by atoms with Crippen LogP contribution in [-0.4, -0.2) is 19.3 Å². The summed E-state index contributed by atoms with van der Waals surface area (Å²) in [5, 5.41) is 4.30. The third-order valence-corrected chi connectivity index (χ3v) is 3.57. The van der Waals surface area contributed by atoms with Crippen molar-refractivity contribution in [2.24, 2.45) is 7.05 Å². The van der Waals surface area contributed by atoms with E-state index in [2.05, 4.69) is 39.8 Å². The molecule has 104 valence electrons. The molecule has 0 saturated carbocycles. The van der Waals surface area contributed by atoms with E-state index in [9.17, 15) is 0 Å². The lowest BCUT2D eigenvalue weighted by atomic mass is 10.2. The summed E-state index contributed by atoms with van der Waals surface area (Å²) in [5.41, 5.74) is 4.30. The first kappa shape index (κ1) is 13.2. The van der Waals surface area contributed by atoms with Gasteiger partial charge in [0, 0.05) is 13.2 Å². The largest absolute Gasteiger partial charge is 0.321 e. The van der Waals surface area contributed by atoms with Crippen LogP contribution in [0.3, 0.4) is 0 Å². The molecule has 0 N–H and O–H groups in total. The second-order valence-electron chi connectivity index (χ2n) is 5.15. The van der Waals surface area contributed by atoms with Crippen molar-refractivity contribution in [3.8, 4) is 0 Å². The molecule has 4 nitrogen and oxygen atoms in total. The van der Waals surface area contributed by atoms with E-state index in [4.69, 9.17) is 11.6 Å². The summed E-state index contributed by atoms with van der Waals surface area (Å²) in [6.07, 6.45) is 1.95. The van der Waals surface area contributed by atoms with Gasteiger partial charge in [-0.25, -0.2) is 4.98 Å². The molecule has 0 spiro atoms. The number of aryl methyl sites for hydroxylation is 2. The van der Waals surface area contributed by atoms with Gasteiger partial charge < -0.3 is 4.57 Å². The predicted octanol–water partition coefficient (Wildman–Crippen LogP) is 3.43. The van der Waals surface area contributed by atoms with E-state index < -0.39 is 0 Å². The second-order valence-corrected chi connectivity index (χ2v) is 5.80. The van der Waals surface area contributed by atoms with Crippen LogP contribution >= 0.6 is 11.6 Å². The maximum absolute atomic E-state index is 6.28. The lowest BCUT2D eigenvalue weighted by Gasteiger charge is -2.08. The average molecular weight is 289 g/mol. The topological polar surface area (TPSA) is 35.6 Å². The summed E-state index contributed by atoms with van der Waals surface area (Å²) in [4.78, 5) is 4.67. The maximum atomic E-state index is 6.28. The molecule has 1 unspecified atom stereocenters. The van der Waals surface area contributed by atoms with Crippen LogP contribution in [0.25, 0.3) is 11.0 Å². The summed E-state index contributed by atoms with van der Waals surface area (Å²) >= 11 is 6.28. The Bertz CT molecular complexity index is 754. The Morgan fingerprint density at radius 1 is 1.30 bits per heavy atom. The van der Waals surface area contributed by atoms with E-state index >= 15 is 0 Å². The average Bonchev–Trinajstić information content (AvgIpc) is 2.94. The summed E-state index contributed by atoms with van der Waals surface area (Å²) in [6.45, 7) is 4.71. The van der Waals surface area contributed by atoms with Crippen LogP contribution in [0.5, 0.6) is 0 Å². The SMILES string of the molecule is Cc1ccc2c(c1)nc(C(C)Cl)n2Cc1ccn(C)n1. The second kappa shape index (κ2) is 4.94. The van der Waals surface area contributed by atoms with Crippen molar-refractivity contribution in [1.82, 2.24) is 19.3 Å². The Morgan fingerprint density at radius 3 is 2.75 bits per heavy atom. The minimum atomic E-state index is -0.133. The summed E-state index contributed by atoms with van der Waals surface area (Å²) in [7, 11) is 1.92. The number of alkyl halides is 1. The van der Waals surface area contributed by atoms with Crippen molar-refractivity contribution in [2.45, 2.75) is 25.8 Å². The smallest absolute Gasteiger partial charge is 0.128 e. The molecular weight excluding hydrogens is 272 g/mol. The maximum Gasteiger partial charge on any atom is 0.128 e. The van der Waals surface area contributed by atoms with Gasteiger partial charge in [-0.3, -0.25) is 4.68 Å². The van der Waals surface area contributed by atoms with E-state index in [1.807, 2.05) is 30.9 Å². The van der Waals surface area contributed by atoms with Gasteiger partial charge in [-0.05, 0) is 37.6 Å². The van der Waals surface area contributed by atoms with Gasteiger partial charge in [-0.1, -0.05) is 6.07 Å². The van der Waals surface area contributed by atoms with Crippen molar-refractivity contribution >= 4 is 22.6 Å². The molecule has 3 rings (SSSR count). The van der Waals surface area contributed by atoms with Crippen molar-refractivity contribution < 1.29 is 0 Å². The molecule has 1 atom stereocenters. The monoisotopic (exact) mass is 288 g/mol. The molecule has 0 radical (unpaired) electrons. The van der Waals surface area contributed by atoms with Crippen LogP contribution < -0.4 is 0 Å². The highest BCUT2D eigenvalue weighted by molar-refractivity contribution is 6.20. The molecule has 1 aromatic carbocycles. The van der Waals surface area contributed by atoms with E-state index in [-0.39, 0.29) is 5.38 Å². The van der Waals surface area contributed by atoms with Gasteiger partial charge in [0.15, 0.2) is 0 Å². The minimum Gasteiger partial charge on any atom is -0.321 e. The number of halogens is 1. The lowest BCUT2D eigenvalue weighted by Crippen LogP contribution is -2.06. The summed E-state index contributed by atoms with van der Waals surface area (Å²) in [5.74, 6) is 0.887. The zero-order valence-corrected chi connectivity index (χ0v) is 12.6. The third-order valence-electron chi connectivity index (χ3n) is 3.38. The van der Waals surface area contributed by atoms with Crippen LogP contribution in [0.15, 0.2) is 30.5 Å². The number of fused-ring (bicyclic) bond motifs is 1. The Balaban J connectivity index is 2.13. The molecule has 0 bridgehead atoms. The Kier molecular flexibility index (Phi) is 3.26. The molecule has 0 saturated heterocycles. The summed E-state index contributed by atoms with van der Waals surface area (Å²) < 4.78 is 3.96. The van der Waals surface area contributed by atoms with Gasteiger partial charge >= 0.3 is 0 Å². The highest BCUT2D eigenvalue weighted by Gasteiger charge is 2.15. The number of rotatable bonds is 3. The molecular formula is C15H17ClN4. The van der Waals surface area contributed by atoms with Crippen molar-refractivity contribution in [3.05, 3.63) is 47.5 Å². The van der Waals surface area contributed by atoms with Crippen LogP contribution in [0.4, 0.5) is 0 Å². The first-order valence-corrected chi connectivity index (χ1v) is 7.07. The van der Waals surface area contributed by atoms with Gasteiger partial charge in [0.25, 0.3) is 0 Å². The predicted molar refractivity (Wildman–Crippen MR) is 81.0 cm³/mol. The van der Waals surface area contributed by atoms with E-state index in [0.717, 1.165) is 22.6 Å². The van der Waals surface area contributed by atoms with E-state index in [1.54, 1.807) is 0 Å². The normalized spacial score (nSPS) is 13.0. The Hall–Kier alpha value is -1.81. The molecule has 0 aliphatic carbocycles. The van der Waals surface area contributed by atoms with Crippen LogP contribution in [-0.2, 0) is 13.6 Å². The van der Waals surface area contributed by atoms with Crippen molar-refractivity contribution in [2.75, 3.05) is 0 Å². The molecule has 0 aliphatic heterocycles. The molecule has 0 fully saturated rings. The summed E-state index contributed by atoms with van der Waals surface area (Å²) in [6, 6.07) is 8.31. The molecule has 0 aliphatic rings. The minimum absolute atomic E-state index is 0.133. The van der Waals surface area contributed by atoms with Crippen LogP contribution in [0.2, 0.25) is 0 Å². The molecule has 3 aromatic rings. The molecule has 2 heterocycles. The lowest BCUT2D eigenvalue weighted by molar-refractivity contribution is 0.689.